The molecular formula is C11H12Br2F4O2. The van der Waals surface area contributed by atoms with Crippen molar-refractivity contribution in [3.05, 3.63) is 11.9 Å². The topological polar surface area (TPSA) is 37.3 Å². The lowest BCUT2D eigenvalue weighted by atomic mass is 10.1. The number of carbonyl (C=O) groups is 1. The maximum atomic E-state index is 12.8. The molecule has 1 rings (SSSR count). The zero-order valence-corrected chi connectivity index (χ0v) is 13.2. The Morgan fingerprint density at radius 2 is 1.84 bits per heavy atom. The highest BCUT2D eigenvalue weighted by Gasteiger charge is 2.65. The van der Waals surface area contributed by atoms with Gasteiger partial charge >= 0.3 is 12.1 Å². The van der Waals surface area contributed by atoms with E-state index in [0.717, 1.165) is 0 Å². The molecule has 8 heteroatoms. The summed E-state index contributed by atoms with van der Waals surface area (Å²) in [4.78, 5) is 9.45. The van der Waals surface area contributed by atoms with Crippen LogP contribution in [0, 0.1) is 17.3 Å². The first-order chi connectivity index (χ1) is 8.40. The highest BCUT2D eigenvalue weighted by atomic mass is 79.9. The highest BCUT2D eigenvalue weighted by molar-refractivity contribution is 9.12. The third-order valence-electron chi connectivity index (χ3n) is 3.40. The molecule has 19 heavy (non-hydrogen) atoms. The third-order valence-corrected chi connectivity index (χ3v) is 6.08. The van der Waals surface area contributed by atoms with Crippen molar-refractivity contribution in [1.29, 1.82) is 0 Å². The predicted octanol–water partition coefficient (Wildman–Crippen LogP) is 4.29. The first-order valence-electron chi connectivity index (χ1n) is 5.36. The van der Waals surface area contributed by atoms with Crippen molar-refractivity contribution in [2.24, 2.45) is 17.3 Å². The van der Waals surface area contributed by atoms with Gasteiger partial charge in [0, 0.05) is 9.65 Å². The van der Waals surface area contributed by atoms with E-state index in [-0.39, 0.29) is 5.92 Å². The molecule has 0 aromatic carbocycles. The number of carboxylic acids is 1. The highest BCUT2D eigenvalue weighted by Crippen LogP contribution is 2.62. The van der Waals surface area contributed by atoms with Crippen LogP contribution in [0.3, 0.4) is 0 Å². The Kier molecular flexibility index (Phi) is 4.77. The van der Waals surface area contributed by atoms with E-state index >= 15 is 0 Å². The minimum Gasteiger partial charge on any atom is -0.481 e. The first-order valence-corrected chi connectivity index (χ1v) is 7.19. The Morgan fingerprint density at radius 1 is 1.37 bits per heavy atom. The molecular weight excluding hydrogens is 400 g/mol. The molecule has 1 aliphatic rings. The molecule has 1 saturated carbocycles. The number of hydrogen-bond donors (Lipinski definition) is 1. The molecule has 1 aliphatic carbocycles. The van der Waals surface area contributed by atoms with Gasteiger partial charge in [0.25, 0.3) is 0 Å². The minimum atomic E-state index is -5.02. The fraction of sp³-hybridized carbons (Fsp3) is 0.727. The lowest BCUT2D eigenvalue weighted by Crippen LogP contribution is -2.20. The smallest absolute Gasteiger partial charge is 0.442 e. The molecule has 4 unspecified atom stereocenters. The lowest BCUT2D eigenvalue weighted by Gasteiger charge is -2.15. The van der Waals surface area contributed by atoms with Crippen LogP contribution in [-0.2, 0) is 4.79 Å². The standard InChI is InChI=1S/C11H12Br2F4O2/c1-10(2)6(7(10)9(18)19)8(13)4(12)3-5(14)11(15,16)17/h3-4,6-8H,1-2H3,(H,18,19). The lowest BCUT2D eigenvalue weighted by molar-refractivity contribution is -0.139. The SMILES string of the molecule is CC1(C)C(C(=O)O)C1C(Br)C(Br)C=C(F)C(F)(F)F. The van der Waals surface area contributed by atoms with Gasteiger partial charge in [-0.1, -0.05) is 45.7 Å². The molecule has 0 spiro atoms. The summed E-state index contributed by atoms with van der Waals surface area (Å²) in [5.41, 5.74) is -0.533. The molecule has 0 heterocycles. The van der Waals surface area contributed by atoms with E-state index in [9.17, 15) is 22.4 Å². The molecule has 2 nitrogen and oxygen atoms in total. The van der Waals surface area contributed by atoms with Crippen LogP contribution in [0.4, 0.5) is 17.6 Å². The van der Waals surface area contributed by atoms with Crippen LogP contribution in [0.5, 0.6) is 0 Å². The predicted molar refractivity (Wildman–Crippen MR) is 69.1 cm³/mol. The molecule has 1 fully saturated rings. The van der Waals surface area contributed by atoms with E-state index in [0.29, 0.717) is 6.08 Å². The van der Waals surface area contributed by atoms with E-state index in [4.69, 9.17) is 5.11 Å². The Labute approximate surface area is 124 Å². The number of aliphatic carboxylic acids is 1. The summed E-state index contributed by atoms with van der Waals surface area (Å²) in [7, 11) is 0. The van der Waals surface area contributed by atoms with E-state index in [1.807, 2.05) is 0 Å². The molecule has 4 atom stereocenters. The van der Waals surface area contributed by atoms with Crippen molar-refractivity contribution < 1.29 is 27.5 Å². The molecule has 110 valence electrons. The fourth-order valence-corrected chi connectivity index (χ4v) is 3.97. The van der Waals surface area contributed by atoms with Gasteiger partial charge in [-0.3, -0.25) is 4.79 Å². The van der Waals surface area contributed by atoms with E-state index < -0.39 is 39.0 Å². The second-order valence-electron chi connectivity index (χ2n) is 5.06. The van der Waals surface area contributed by atoms with Crippen molar-refractivity contribution in [3.63, 3.8) is 0 Å². The minimum absolute atomic E-state index is 0.369. The Bertz CT molecular complexity index is 406. The molecule has 0 bridgehead atoms. The van der Waals surface area contributed by atoms with Crippen LogP contribution in [0.25, 0.3) is 0 Å². The summed E-state index contributed by atoms with van der Waals surface area (Å²) in [6.07, 6.45) is -4.61. The summed E-state index contributed by atoms with van der Waals surface area (Å²) < 4.78 is 49.0. The average Bonchev–Trinajstić information content (AvgIpc) is 2.78. The Balaban J connectivity index is 2.81. The van der Waals surface area contributed by atoms with Gasteiger partial charge in [0.2, 0.25) is 5.83 Å². The molecule has 0 radical (unpaired) electrons. The van der Waals surface area contributed by atoms with Gasteiger partial charge in [-0.2, -0.15) is 13.2 Å². The summed E-state index contributed by atoms with van der Waals surface area (Å²) >= 11 is 6.11. The van der Waals surface area contributed by atoms with Gasteiger partial charge in [0.1, 0.15) is 0 Å². The van der Waals surface area contributed by atoms with Gasteiger partial charge in [-0.05, 0) is 17.4 Å². The van der Waals surface area contributed by atoms with E-state index in [1.165, 1.54) is 0 Å². The zero-order valence-electron chi connectivity index (χ0n) is 10.0. The number of hydrogen-bond acceptors (Lipinski definition) is 1. The second kappa shape index (κ2) is 5.35. The summed E-state index contributed by atoms with van der Waals surface area (Å²) in [5.74, 6) is -4.21. The monoisotopic (exact) mass is 410 g/mol. The van der Waals surface area contributed by atoms with Gasteiger partial charge in [0.15, 0.2) is 0 Å². The van der Waals surface area contributed by atoms with Crippen molar-refractivity contribution in [2.45, 2.75) is 29.7 Å². The number of allylic oxidation sites excluding steroid dienone is 2. The van der Waals surface area contributed by atoms with Crippen LogP contribution >= 0.6 is 31.9 Å². The van der Waals surface area contributed by atoms with E-state index in [1.54, 1.807) is 13.8 Å². The fourth-order valence-electron chi connectivity index (χ4n) is 2.27. The first kappa shape index (κ1) is 16.9. The zero-order chi connectivity index (χ0) is 15.2. The molecule has 0 aliphatic heterocycles. The van der Waals surface area contributed by atoms with Crippen LogP contribution in [0.15, 0.2) is 11.9 Å². The van der Waals surface area contributed by atoms with Crippen molar-refractivity contribution in [2.75, 3.05) is 0 Å². The van der Waals surface area contributed by atoms with Crippen LogP contribution in [0.1, 0.15) is 13.8 Å². The molecule has 0 aromatic rings. The second-order valence-corrected chi connectivity index (χ2v) is 7.18. The Hall–Kier alpha value is -0.110. The summed E-state index contributed by atoms with van der Waals surface area (Å²) in [6.45, 7) is 3.43. The maximum Gasteiger partial charge on any atom is 0.442 e. The van der Waals surface area contributed by atoms with E-state index in [2.05, 4.69) is 31.9 Å². The maximum absolute atomic E-state index is 12.8. The quantitative estimate of drug-likeness (QED) is 0.553. The number of rotatable bonds is 4. The molecule has 1 N–H and O–H groups in total. The van der Waals surface area contributed by atoms with Crippen molar-refractivity contribution >= 4 is 37.8 Å². The largest absolute Gasteiger partial charge is 0.481 e. The van der Waals surface area contributed by atoms with Gasteiger partial charge in [-0.25, -0.2) is 4.39 Å². The Morgan fingerprint density at radius 3 is 2.16 bits per heavy atom. The molecule has 0 saturated heterocycles. The number of carboxylic acid groups (broad SMARTS) is 1. The van der Waals surface area contributed by atoms with Gasteiger partial charge in [-0.15, -0.1) is 0 Å². The van der Waals surface area contributed by atoms with Gasteiger partial charge < -0.3 is 5.11 Å². The summed E-state index contributed by atoms with van der Waals surface area (Å²) in [6, 6.07) is 0. The molecule has 0 aromatic heterocycles. The average molecular weight is 412 g/mol. The van der Waals surface area contributed by atoms with Crippen LogP contribution in [-0.4, -0.2) is 26.9 Å². The number of alkyl halides is 5. The van der Waals surface area contributed by atoms with Gasteiger partial charge in [0.05, 0.1) is 5.92 Å². The number of halogens is 6. The van der Waals surface area contributed by atoms with Crippen LogP contribution < -0.4 is 0 Å². The summed E-state index contributed by atoms with van der Waals surface area (Å²) in [5, 5.41) is 9.00. The van der Waals surface area contributed by atoms with Crippen molar-refractivity contribution in [3.8, 4) is 0 Å². The third kappa shape index (κ3) is 3.51. The van der Waals surface area contributed by atoms with Crippen LogP contribution in [0.2, 0.25) is 0 Å². The normalized spacial score (nSPS) is 29.8. The van der Waals surface area contributed by atoms with Crippen molar-refractivity contribution in [1.82, 2.24) is 0 Å². The molecule has 0 amide bonds.